The van der Waals surface area contributed by atoms with Crippen LogP contribution in [0.3, 0.4) is 0 Å². The summed E-state index contributed by atoms with van der Waals surface area (Å²) in [5.74, 6) is 0.185. The fourth-order valence-electron chi connectivity index (χ4n) is 1.58. The molecule has 0 spiro atoms. The van der Waals surface area contributed by atoms with E-state index in [4.69, 9.17) is 5.14 Å². The molecule has 0 aliphatic carbocycles. The maximum absolute atomic E-state index is 11.7. The van der Waals surface area contributed by atoms with Gasteiger partial charge in [-0.25, -0.2) is 13.6 Å². The highest BCUT2D eigenvalue weighted by Crippen LogP contribution is 2.12. The molecule has 112 valence electrons. The van der Waals surface area contributed by atoms with Crippen molar-refractivity contribution in [1.29, 1.82) is 0 Å². The van der Waals surface area contributed by atoms with Crippen molar-refractivity contribution in [2.75, 3.05) is 6.54 Å². The summed E-state index contributed by atoms with van der Waals surface area (Å²) in [4.78, 5) is 11.6. The van der Waals surface area contributed by atoms with Crippen LogP contribution in [0.5, 0.6) is 0 Å². The minimum atomic E-state index is -3.65. The molecule has 1 atom stereocenters. The van der Waals surface area contributed by atoms with E-state index >= 15 is 0 Å². The van der Waals surface area contributed by atoms with Crippen LogP contribution in [-0.2, 0) is 21.2 Å². The molecule has 1 unspecified atom stereocenters. The molecule has 0 radical (unpaired) electrons. The largest absolute Gasteiger partial charge is 0.355 e. The molecule has 0 heterocycles. The van der Waals surface area contributed by atoms with Gasteiger partial charge < -0.3 is 5.32 Å². The maximum atomic E-state index is 11.7. The van der Waals surface area contributed by atoms with Gasteiger partial charge in [-0.05, 0) is 30.0 Å². The highest BCUT2D eigenvalue weighted by atomic mass is 79.9. The average molecular weight is 363 g/mol. The minimum absolute atomic E-state index is 0.0406. The van der Waals surface area contributed by atoms with Crippen LogP contribution < -0.4 is 10.5 Å². The first-order valence-electron chi connectivity index (χ1n) is 6.25. The molecule has 0 fully saturated rings. The number of carbonyl (C=O) groups is 1. The lowest BCUT2D eigenvalue weighted by atomic mass is 10.1. The summed E-state index contributed by atoms with van der Waals surface area (Å²) < 4.78 is 22.2. The zero-order valence-electron chi connectivity index (χ0n) is 11.5. The molecular weight excluding hydrogens is 344 g/mol. The van der Waals surface area contributed by atoms with Gasteiger partial charge in [0.2, 0.25) is 15.9 Å². The molecule has 3 N–H and O–H groups in total. The van der Waals surface area contributed by atoms with E-state index in [0.717, 1.165) is 5.56 Å². The van der Waals surface area contributed by atoms with Gasteiger partial charge in [-0.3, -0.25) is 4.79 Å². The van der Waals surface area contributed by atoms with Gasteiger partial charge in [-0.2, -0.15) is 0 Å². The predicted octanol–water partition coefficient (Wildman–Crippen LogP) is 1.41. The van der Waals surface area contributed by atoms with E-state index in [9.17, 15) is 13.2 Å². The van der Waals surface area contributed by atoms with Gasteiger partial charge in [0.05, 0.1) is 9.72 Å². The number of nitrogens with two attached hydrogens (primary N) is 1. The lowest BCUT2D eigenvalue weighted by Gasteiger charge is -2.13. The highest BCUT2D eigenvalue weighted by Gasteiger charge is 2.17. The second-order valence-corrected chi connectivity index (χ2v) is 7.42. The van der Waals surface area contributed by atoms with E-state index in [1.807, 2.05) is 13.8 Å². The van der Waals surface area contributed by atoms with E-state index in [0.29, 0.717) is 13.0 Å². The van der Waals surface area contributed by atoms with Gasteiger partial charge in [-0.1, -0.05) is 41.9 Å². The van der Waals surface area contributed by atoms with Crippen molar-refractivity contribution >= 4 is 31.9 Å². The first kappa shape index (κ1) is 17.1. The minimum Gasteiger partial charge on any atom is -0.355 e. The molecule has 5 nitrogen and oxygen atoms in total. The quantitative estimate of drug-likeness (QED) is 0.749. The Hall–Kier alpha value is -0.920. The van der Waals surface area contributed by atoms with E-state index in [1.54, 1.807) is 12.1 Å². The molecule has 7 heteroatoms. The molecule has 0 saturated carbocycles. The standard InChI is InChI=1S/C13H19BrN2O3S/c1-9(2)12(14)13(17)16-8-7-10-3-5-11(6-4-10)20(15,18)19/h3-6,9,12H,7-8H2,1-2H3,(H,16,17)(H2,15,18,19). The van der Waals surface area contributed by atoms with Crippen molar-refractivity contribution < 1.29 is 13.2 Å². The number of primary sulfonamides is 1. The van der Waals surface area contributed by atoms with Gasteiger partial charge in [0, 0.05) is 6.54 Å². The molecule has 1 amide bonds. The van der Waals surface area contributed by atoms with Crippen LogP contribution in [0.1, 0.15) is 19.4 Å². The van der Waals surface area contributed by atoms with E-state index in [1.165, 1.54) is 12.1 Å². The van der Waals surface area contributed by atoms with E-state index < -0.39 is 10.0 Å². The number of benzene rings is 1. The number of halogens is 1. The second-order valence-electron chi connectivity index (χ2n) is 4.88. The van der Waals surface area contributed by atoms with Crippen molar-refractivity contribution in [2.45, 2.75) is 30.0 Å². The SMILES string of the molecule is CC(C)C(Br)C(=O)NCCc1ccc(S(N)(=O)=O)cc1. The molecular formula is C13H19BrN2O3S. The summed E-state index contributed by atoms with van der Waals surface area (Å²) in [6.07, 6.45) is 0.633. The van der Waals surface area contributed by atoms with Crippen LogP contribution in [-0.4, -0.2) is 25.7 Å². The first-order valence-corrected chi connectivity index (χ1v) is 8.71. The Morgan fingerprint density at radius 3 is 2.30 bits per heavy atom. The lowest BCUT2D eigenvalue weighted by molar-refractivity contribution is -0.121. The summed E-state index contributed by atoms with van der Waals surface area (Å²) in [6, 6.07) is 6.32. The fraction of sp³-hybridized carbons (Fsp3) is 0.462. The number of rotatable bonds is 6. The summed E-state index contributed by atoms with van der Waals surface area (Å²) >= 11 is 3.33. The Bertz CT molecular complexity index is 555. The Balaban J connectivity index is 2.49. The van der Waals surface area contributed by atoms with Crippen LogP contribution in [0.15, 0.2) is 29.2 Å². The monoisotopic (exact) mass is 362 g/mol. The number of hydrogen-bond donors (Lipinski definition) is 2. The number of sulfonamides is 1. The van der Waals surface area contributed by atoms with Gasteiger partial charge in [-0.15, -0.1) is 0 Å². The van der Waals surface area contributed by atoms with Crippen molar-refractivity contribution in [3.63, 3.8) is 0 Å². The number of hydrogen-bond acceptors (Lipinski definition) is 3. The third-order valence-electron chi connectivity index (χ3n) is 2.80. The van der Waals surface area contributed by atoms with Gasteiger partial charge in [0.25, 0.3) is 0 Å². The summed E-state index contributed by atoms with van der Waals surface area (Å²) in [6.45, 7) is 4.43. The molecule has 0 aliphatic heterocycles. The zero-order chi connectivity index (χ0) is 15.3. The summed E-state index contributed by atoms with van der Waals surface area (Å²) in [7, 11) is -3.65. The molecule has 0 saturated heterocycles. The first-order chi connectivity index (χ1) is 9.21. The van der Waals surface area contributed by atoms with Crippen LogP contribution in [0.2, 0.25) is 0 Å². The third-order valence-corrected chi connectivity index (χ3v) is 5.20. The zero-order valence-corrected chi connectivity index (χ0v) is 13.9. The number of alkyl halides is 1. The summed E-state index contributed by atoms with van der Waals surface area (Å²) in [5.41, 5.74) is 0.938. The number of nitrogens with one attached hydrogen (secondary N) is 1. The van der Waals surface area contributed by atoms with E-state index in [2.05, 4.69) is 21.2 Å². The molecule has 1 aromatic carbocycles. The van der Waals surface area contributed by atoms with Crippen LogP contribution in [0, 0.1) is 5.92 Å². The smallest absolute Gasteiger partial charge is 0.238 e. The molecule has 0 aliphatic rings. The molecule has 1 aromatic rings. The second kappa shape index (κ2) is 7.19. The van der Waals surface area contributed by atoms with Gasteiger partial charge >= 0.3 is 0 Å². The Morgan fingerprint density at radius 1 is 1.30 bits per heavy atom. The average Bonchev–Trinajstić information content (AvgIpc) is 2.37. The van der Waals surface area contributed by atoms with Gasteiger partial charge in [0.15, 0.2) is 0 Å². The number of amides is 1. The summed E-state index contributed by atoms with van der Waals surface area (Å²) in [5, 5.41) is 7.85. The lowest BCUT2D eigenvalue weighted by Crippen LogP contribution is -2.35. The Labute approximate surface area is 128 Å². The van der Waals surface area contributed by atoms with Crippen molar-refractivity contribution in [1.82, 2.24) is 5.32 Å². The van der Waals surface area contributed by atoms with E-state index in [-0.39, 0.29) is 21.5 Å². The molecule has 0 aromatic heterocycles. The highest BCUT2D eigenvalue weighted by molar-refractivity contribution is 9.10. The van der Waals surface area contributed by atoms with Crippen molar-refractivity contribution in [2.24, 2.45) is 11.1 Å². The maximum Gasteiger partial charge on any atom is 0.238 e. The van der Waals surface area contributed by atoms with Crippen LogP contribution in [0.25, 0.3) is 0 Å². The topological polar surface area (TPSA) is 89.3 Å². The molecule has 20 heavy (non-hydrogen) atoms. The predicted molar refractivity (Wildman–Crippen MR) is 82.1 cm³/mol. The van der Waals surface area contributed by atoms with Crippen molar-refractivity contribution in [3.8, 4) is 0 Å². The fourth-order valence-corrected chi connectivity index (χ4v) is 2.25. The third kappa shape index (κ3) is 5.22. The Kier molecular flexibility index (Phi) is 6.16. The van der Waals surface area contributed by atoms with Gasteiger partial charge in [0.1, 0.15) is 0 Å². The van der Waals surface area contributed by atoms with Crippen LogP contribution in [0.4, 0.5) is 0 Å². The molecule has 1 rings (SSSR count). The molecule has 0 bridgehead atoms. The van der Waals surface area contributed by atoms with Crippen molar-refractivity contribution in [3.05, 3.63) is 29.8 Å². The van der Waals surface area contributed by atoms with Crippen LogP contribution >= 0.6 is 15.9 Å². The number of carbonyl (C=O) groups excluding carboxylic acids is 1. The normalized spacial score (nSPS) is 13.2. The Morgan fingerprint density at radius 2 is 1.85 bits per heavy atom.